The van der Waals surface area contributed by atoms with E-state index in [0.717, 1.165) is 6.26 Å². The molecule has 0 aromatic heterocycles. The summed E-state index contributed by atoms with van der Waals surface area (Å²) in [7, 11) is -1.50. The summed E-state index contributed by atoms with van der Waals surface area (Å²) in [5, 5.41) is 10.2. The number of aliphatic hydroxyl groups is 1. The van der Waals surface area contributed by atoms with E-state index in [0.29, 0.717) is 11.3 Å². The second-order valence-corrected chi connectivity index (χ2v) is 6.64. The monoisotopic (exact) mass is 258 g/mol. The normalized spacial score (nSPS) is 15.3. The van der Waals surface area contributed by atoms with Crippen LogP contribution in [0.2, 0.25) is 0 Å². The topological polar surface area (TPSA) is 63.6 Å². The average Bonchev–Trinajstić information content (AvgIpc) is 2.26. The first-order chi connectivity index (χ1) is 7.74. The number of rotatable bonds is 5. The molecule has 17 heavy (non-hydrogen) atoms. The van der Waals surface area contributed by atoms with Crippen LogP contribution >= 0.6 is 0 Å². The van der Waals surface area contributed by atoms with Gasteiger partial charge in [-0.2, -0.15) is 0 Å². The van der Waals surface area contributed by atoms with Crippen LogP contribution in [0.5, 0.6) is 5.75 Å². The Labute approximate surface area is 102 Å². The van der Waals surface area contributed by atoms with Crippen LogP contribution in [0.3, 0.4) is 0 Å². The molecular weight excluding hydrogens is 240 g/mol. The zero-order valence-corrected chi connectivity index (χ0v) is 11.1. The minimum atomic E-state index is -3.06. The molecule has 1 atom stereocenters. The van der Waals surface area contributed by atoms with Gasteiger partial charge in [0.05, 0.1) is 18.5 Å². The molecule has 0 aliphatic carbocycles. The van der Waals surface area contributed by atoms with Crippen LogP contribution in [0.15, 0.2) is 24.3 Å². The number of sulfone groups is 1. The van der Waals surface area contributed by atoms with Gasteiger partial charge in [-0.15, -0.1) is 0 Å². The zero-order chi connectivity index (χ0) is 13.1. The summed E-state index contributed by atoms with van der Waals surface area (Å²) in [6.45, 7) is 1.61. The third-order valence-corrected chi connectivity index (χ3v) is 3.62. The first-order valence-corrected chi connectivity index (χ1v) is 7.35. The third-order valence-electron chi connectivity index (χ3n) is 2.67. The van der Waals surface area contributed by atoms with Crippen LogP contribution in [-0.4, -0.2) is 32.6 Å². The van der Waals surface area contributed by atoms with Gasteiger partial charge in [0, 0.05) is 6.26 Å². The number of ether oxygens (including phenoxy) is 1. The molecule has 0 bridgehead atoms. The fraction of sp³-hybridized carbons (Fsp3) is 0.500. The largest absolute Gasteiger partial charge is 0.497 e. The summed E-state index contributed by atoms with van der Waals surface area (Å²) in [4.78, 5) is 0. The van der Waals surface area contributed by atoms with E-state index >= 15 is 0 Å². The number of hydrogen-bond acceptors (Lipinski definition) is 4. The van der Waals surface area contributed by atoms with Gasteiger partial charge < -0.3 is 9.84 Å². The van der Waals surface area contributed by atoms with Crippen molar-refractivity contribution in [2.45, 2.75) is 18.9 Å². The Morgan fingerprint density at radius 2 is 1.82 bits per heavy atom. The highest BCUT2D eigenvalue weighted by atomic mass is 32.2. The van der Waals surface area contributed by atoms with Gasteiger partial charge in [-0.1, -0.05) is 12.1 Å². The van der Waals surface area contributed by atoms with E-state index in [1.54, 1.807) is 38.3 Å². The molecule has 0 amide bonds. The lowest BCUT2D eigenvalue weighted by Gasteiger charge is -2.23. The number of methoxy groups -OCH3 is 1. The van der Waals surface area contributed by atoms with Gasteiger partial charge in [0.1, 0.15) is 15.6 Å². The SMILES string of the molecule is COc1ccc(C(C)(O)CCS(C)(=O)=O)cc1. The van der Waals surface area contributed by atoms with Gasteiger partial charge in [0.2, 0.25) is 0 Å². The summed E-state index contributed by atoms with van der Waals surface area (Å²) >= 11 is 0. The van der Waals surface area contributed by atoms with E-state index in [1.807, 2.05) is 0 Å². The van der Waals surface area contributed by atoms with E-state index in [9.17, 15) is 13.5 Å². The zero-order valence-electron chi connectivity index (χ0n) is 10.3. The lowest BCUT2D eigenvalue weighted by molar-refractivity contribution is 0.0538. The second-order valence-electron chi connectivity index (χ2n) is 4.38. The van der Waals surface area contributed by atoms with Crippen molar-refractivity contribution in [3.63, 3.8) is 0 Å². The maximum atomic E-state index is 11.1. The van der Waals surface area contributed by atoms with Crippen molar-refractivity contribution >= 4 is 9.84 Å². The maximum absolute atomic E-state index is 11.1. The lowest BCUT2D eigenvalue weighted by atomic mass is 9.93. The summed E-state index contributed by atoms with van der Waals surface area (Å²) < 4.78 is 27.2. The molecule has 96 valence electrons. The lowest BCUT2D eigenvalue weighted by Crippen LogP contribution is -2.24. The first kappa shape index (κ1) is 14.0. The van der Waals surface area contributed by atoms with Crippen molar-refractivity contribution in [2.75, 3.05) is 19.1 Å². The Balaban J connectivity index is 2.81. The molecule has 0 aliphatic rings. The minimum absolute atomic E-state index is 0.0357. The second kappa shape index (κ2) is 5.06. The highest BCUT2D eigenvalue weighted by molar-refractivity contribution is 7.90. The summed E-state index contributed by atoms with van der Waals surface area (Å²) in [5.41, 5.74) is -0.461. The Hall–Kier alpha value is -1.07. The summed E-state index contributed by atoms with van der Waals surface area (Å²) in [6.07, 6.45) is 1.34. The first-order valence-electron chi connectivity index (χ1n) is 5.29. The molecule has 0 spiro atoms. The predicted octanol–water partition coefficient (Wildman–Crippen LogP) is 1.34. The molecule has 0 heterocycles. The van der Waals surface area contributed by atoms with Crippen LogP contribution in [0.25, 0.3) is 0 Å². The smallest absolute Gasteiger partial charge is 0.147 e. The standard InChI is InChI=1S/C12H18O4S/c1-12(13,8-9-17(3,14)15)10-4-6-11(16-2)7-5-10/h4-7,13H,8-9H2,1-3H3. The third kappa shape index (κ3) is 4.36. The van der Waals surface area contributed by atoms with Crippen molar-refractivity contribution < 1.29 is 18.3 Å². The molecule has 1 N–H and O–H groups in total. The predicted molar refractivity (Wildman–Crippen MR) is 66.9 cm³/mol. The van der Waals surface area contributed by atoms with Crippen LogP contribution in [0, 0.1) is 0 Å². The van der Waals surface area contributed by atoms with Crippen molar-refractivity contribution in [2.24, 2.45) is 0 Å². The van der Waals surface area contributed by atoms with Crippen molar-refractivity contribution in [3.8, 4) is 5.75 Å². The highest BCUT2D eigenvalue weighted by Crippen LogP contribution is 2.26. The molecule has 0 saturated heterocycles. The molecule has 0 aliphatic heterocycles. The Morgan fingerprint density at radius 3 is 2.24 bits per heavy atom. The van der Waals surface area contributed by atoms with Crippen LogP contribution < -0.4 is 4.74 Å². The quantitative estimate of drug-likeness (QED) is 0.865. The van der Waals surface area contributed by atoms with Gasteiger partial charge in [0.15, 0.2) is 0 Å². The molecular formula is C12H18O4S. The molecule has 1 aromatic rings. The number of benzene rings is 1. The molecule has 0 radical (unpaired) electrons. The van der Waals surface area contributed by atoms with Crippen molar-refractivity contribution in [1.29, 1.82) is 0 Å². The molecule has 0 fully saturated rings. The Bertz CT molecular complexity index is 460. The number of hydrogen-bond donors (Lipinski definition) is 1. The Morgan fingerprint density at radius 1 is 1.29 bits per heavy atom. The molecule has 1 aromatic carbocycles. The van der Waals surface area contributed by atoms with Gasteiger partial charge in [-0.3, -0.25) is 0 Å². The van der Waals surface area contributed by atoms with E-state index in [1.165, 1.54) is 0 Å². The van der Waals surface area contributed by atoms with Gasteiger partial charge >= 0.3 is 0 Å². The fourth-order valence-electron chi connectivity index (χ4n) is 1.48. The average molecular weight is 258 g/mol. The van der Waals surface area contributed by atoms with Gasteiger partial charge in [-0.25, -0.2) is 8.42 Å². The highest BCUT2D eigenvalue weighted by Gasteiger charge is 2.24. The fourth-order valence-corrected chi connectivity index (χ4v) is 2.25. The van der Waals surface area contributed by atoms with E-state index in [4.69, 9.17) is 4.74 Å². The van der Waals surface area contributed by atoms with Gasteiger partial charge in [0.25, 0.3) is 0 Å². The van der Waals surface area contributed by atoms with Gasteiger partial charge in [-0.05, 0) is 31.0 Å². The van der Waals surface area contributed by atoms with Crippen LogP contribution in [0.1, 0.15) is 18.9 Å². The van der Waals surface area contributed by atoms with Crippen LogP contribution in [0.4, 0.5) is 0 Å². The van der Waals surface area contributed by atoms with E-state index in [-0.39, 0.29) is 12.2 Å². The molecule has 1 unspecified atom stereocenters. The van der Waals surface area contributed by atoms with E-state index < -0.39 is 15.4 Å². The summed E-state index contributed by atoms with van der Waals surface area (Å²) in [6, 6.07) is 6.96. The maximum Gasteiger partial charge on any atom is 0.147 e. The molecule has 4 nitrogen and oxygen atoms in total. The Kier molecular flexibility index (Phi) is 4.16. The van der Waals surface area contributed by atoms with E-state index in [2.05, 4.69) is 0 Å². The summed E-state index contributed by atoms with van der Waals surface area (Å²) in [5.74, 6) is 0.666. The van der Waals surface area contributed by atoms with Crippen molar-refractivity contribution in [1.82, 2.24) is 0 Å². The molecule has 1 rings (SSSR count). The minimum Gasteiger partial charge on any atom is -0.497 e. The van der Waals surface area contributed by atoms with Crippen molar-refractivity contribution in [3.05, 3.63) is 29.8 Å². The molecule has 0 saturated carbocycles. The molecule has 5 heteroatoms. The van der Waals surface area contributed by atoms with Crippen LogP contribution in [-0.2, 0) is 15.4 Å².